The van der Waals surface area contributed by atoms with Gasteiger partial charge in [0.1, 0.15) is 22.3 Å². The van der Waals surface area contributed by atoms with Crippen LogP contribution < -0.4 is 0 Å². The molecular weight excluding hydrogens is 1230 g/mol. The van der Waals surface area contributed by atoms with Crippen molar-refractivity contribution in [2.75, 3.05) is 0 Å². The van der Waals surface area contributed by atoms with E-state index in [1.165, 1.54) is 32.3 Å². The summed E-state index contributed by atoms with van der Waals surface area (Å²) in [5, 5.41) is 29.3. The van der Waals surface area contributed by atoms with Crippen molar-refractivity contribution >= 4 is 173 Å². The first-order valence-electron chi connectivity index (χ1n) is 39.5. The zero-order valence-electron chi connectivity index (χ0n) is 64.4. The summed E-state index contributed by atoms with van der Waals surface area (Å²) in [6.07, 6.45) is 0. The van der Waals surface area contributed by atoms with Gasteiger partial charge < -0.3 is 8.83 Å². The van der Waals surface area contributed by atoms with E-state index >= 15 is 0 Å². The Morgan fingerprint density at radius 3 is 0.961 bits per heavy atom. The summed E-state index contributed by atoms with van der Waals surface area (Å²) in [7, 11) is 0. The monoisotopic (exact) mass is 1300 g/mol. The zero-order valence-corrected chi connectivity index (χ0v) is 54.4. The first kappa shape index (κ1) is 46.7. The summed E-state index contributed by atoms with van der Waals surface area (Å²) in [5.41, 5.74) is 9.71. The van der Waals surface area contributed by atoms with Gasteiger partial charge in [0.25, 0.3) is 0 Å². The van der Waals surface area contributed by atoms with Crippen molar-refractivity contribution < 1.29 is 22.5 Å². The van der Waals surface area contributed by atoms with Crippen LogP contribution in [0.1, 0.15) is 13.7 Å². The lowest BCUT2D eigenvalue weighted by atomic mass is 9.86. The van der Waals surface area contributed by atoms with Crippen molar-refractivity contribution in [2.24, 2.45) is 0 Å². The summed E-state index contributed by atoms with van der Waals surface area (Å²) in [4.78, 5) is 0. The van der Waals surface area contributed by atoms with Crippen LogP contribution in [0.3, 0.4) is 0 Å². The van der Waals surface area contributed by atoms with Gasteiger partial charge in [-0.05, 0) is 233 Å². The Morgan fingerprint density at radius 2 is 0.510 bits per heavy atom. The number of benzene rings is 22. The Kier molecular flexibility index (Phi) is 9.65. The van der Waals surface area contributed by atoms with Crippen molar-refractivity contribution in [3.05, 3.63) is 339 Å². The van der Waals surface area contributed by atoms with Crippen molar-refractivity contribution in [3.8, 4) is 66.8 Å². The smallest absolute Gasteiger partial charge is 0.143 e. The van der Waals surface area contributed by atoms with Gasteiger partial charge in [-0.2, -0.15) is 0 Å². The third-order valence-corrected chi connectivity index (χ3v) is 21.9. The Bertz CT molecular complexity index is 7870. The van der Waals surface area contributed by atoms with Gasteiger partial charge in [-0.15, -0.1) is 0 Å². The number of furan rings is 2. The molecule has 102 heavy (non-hydrogen) atoms. The molecule has 24 rings (SSSR count). The van der Waals surface area contributed by atoms with Crippen LogP contribution in [0.2, 0.25) is 0 Å². The highest BCUT2D eigenvalue weighted by atomic mass is 16.3. The molecule has 468 valence electrons. The predicted octanol–water partition coefficient (Wildman–Crippen LogP) is 28.8. The van der Waals surface area contributed by atoms with Gasteiger partial charge in [-0.25, -0.2) is 0 Å². The molecule has 0 aliphatic heterocycles. The third kappa shape index (κ3) is 8.06. The molecule has 2 nitrogen and oxygen atoms in total. The van der Waals surface area contributed by atoms with Crippen molar-refractivity contribution in [1.29, 1.82) is 0 Å². The summed E-state index contributed by atoms with van der Waals surface area (Å²) in [5.74, 6) is 0. The van der Waals surface area contributed by atoms with Crippen LogP contribution in [0.4, 0.5) is 0 Å². The Labute approximate surface area is 598 Å². The summed E-state index contributed by atoms with van der Waals surface area (Å²) in [6.45, 7) is 0. The van der Waals surface area contributed by atoms with E-state index in [1.807, 2.05) is 54.6 Å². The van der Waals surface area contributed by atoms with Gasteiger partial charge in [0.2, 0.25) is 0 Å². The van der Waals surface area contributed by atoms with E-state index in [9.17, 15) is 5.48 Å². The minimum atomic E-state index is -0.450. The van der Waals surface area contributed by atoms with Crippen LogP contribution in [0.25, 0.3) is 240 Å². The first-order valence-corrected chi connectivity index (χ1v) is 34.5. The van der Waals surface area contributed by atoms with Crippen molar-refractivity contribution in [1.82, 2.24) is 0 Å². The molecule has 2 heterocycles. The van der Waals surface area contributed by atoms with E-state index in [0.717, 1.165) is 147 Å². The minimum absolute atomic E-state index is 0.0377. The zero-order chi connectivity index (χ0) is 75.1. The maximum Gasteiger partial charge on any atom is 0.143 e. The molecule has 0 unspecified atom stereocenters. The van der Waals surface area contributed by atoms with E-state index in [1.54, 1.807) is 0 Å². The SMILES string of the molecule is [2H]c1c(-c2ccc3ccc4cccc5ccc2c3c45)c([2H])c(-c2cccc3c2oc2ccccc23)c([2H])c1-c1ccc2ccc3cccc4ccc1c2c34.[2H]c1c([2H])c([2H])c2c(oc3c(-c4cc(-c5ccc6ccc7cccc8ccc5c6c78)cc(-c5ccc6ccc7cccc8ccc5c6c78)c4)c([2H])c([2H])c([2H])c32)c1[2H]. The van der Waals surface area contributed by atoms with Crippen molar-refractivity contribution in [2.45, 2.75) is 0 Å². The number of rotatable bonds is 6. The molecule has 0 amide bonds. The van der Waals surface area contributed by atoms with Crippen LogP contribution >= 0.6 is 0 Å². The summed E-state index contributed by atoms with van der Waals surface area (Å²) >= 11 is 0. The molecule has 0 saturated carbocycles. The number of fused-ring (bicyclic) bond motifs is 6. The van der Waals surface area contributed by atoms with Gasteiger partial charge in [0, 0.05) is 32.7 Å². The second-order valence-corrected chi connectivity index (χ2v) is 27.2. The Morgan fingerprint density at radius 1 is 0.186 bits per heavy atom. The van der Waals surface area contributed by atoms with E-state index < -0.39 is 12.1 Å². The molecule has 0 spiro atoms. The molecule has 0 N–H and O–H groups in total. The van der Waals surface area contributed by atoms with Crippen LogP contribution in [-0.4, -0.2) is 0 Å². The highest BCUT2D eigenvalue weighted by Gasteiger charge is 2.23. The molecular formula is C100H56O2. The minimum Gasteiger partial charge on any atom is -0.455 e. The maximum absolute atomic E-state index is 10.1. The van der Waals surface area contributed by atoms with Gasteiger partial charge in [-0.1, -0.05) is 291 Å². The number of para-hydroxylation sites is 4. The molecule has 0 bridgehead atoms. The van der Waals surface area contributed by atoms with E-state index in [0.29, 0.717) is 33.4 Å². The van der Waals surface area contributed by atoms with Crippen molar-refractivity contribution in [3.63, 3.8) is 0 Å². The van der Waals surface area contributed by atoms with Gasteiger partial charge >= 0.3 is 0 Å². The lowest BCUT2D eigenvalue weighted by Crippen LogP contribution is -1.91. The normalized spacial score (nSPS) is 13.7. The maximum atomic E-state index is 10.1. The fourth-order valence-corrected chi connectivity index (χ4v) is 17.3. The fourth-order valence-electron chi connectivity index (χ4n) is 17.3. The number of hydrogen-bond acceptors (Lipinski definition) is 2. The molecule has 0 aliphatic carbocycles. The summed E-state index contributed by atoms with van der Waals surface area (Å²) in [6, 6.07) is 95.1. The second-order valence-electron chi connectivity index (χ2n) is 27.2. The molecule has 0 aliphatic rings. The number of hydrogen-bond donors (Lipinski definition) is 0. The first-order chi connectivity index (χ1) is 54.7. The molecule has 2 heteroatoms. The highest BCUT2D eigenvalue weighted by molar-refractivity contribution is 6.30. The van der Waals surface area contributed by atoms with E-state index in [2.05, 4.69) is 224 Å². The molecule has 22 aromatic carbocycles. The average Bonchev–Trinajstić information content (AvgIpc) is 1.57. The summed E-state index contributed by atoms with van der Waals surface area (Å²) < 4.78 is 105. The molecule has 2 aromatic heterocycles. The van der Waals surface area contributed by atoms with Gasteiger partial charge in [0.05, 0.1) is 13.7 Å². The van der Waals surface area contributed by atoms with Crippen LogP contribution in [0, 0.1) is 0 Å². The molecule has 0 saturated heterocycles. The fraction of sp³-hybridized carbons (Fsp3) is 0. The topological polar surface area (TPSA) is 26.3 Å². The highest BCUT2D eigenvalue weighted by Crippen LogP contribution is 2.49. The molecule has 0 atom stereocenters. The van der Waals surface area contributed by atoms with E-state index in [-0.39, 0.29) is 75.8 Å². The lowest BCUT2D eigenvalue weighted by molar-refractivity contribution is 0.669. The van der Waals surface area contributed by atoms with Gasteiger partial charge in [-0.3, -0.25) is 0 Å². The largest absolute Gasteiger partial charge is 0.455 e. The quantitative estimate of drug-likeness (QED) is 0.155. The molecule has 0 radical (unpaired) electrons. The average molecular weight is 1300 g/mol. The van der Waals surface area contributed by atoms with Gasteiger partial charge in [0.15, 0.2) is 0 Å². The predicted molar refractivity (Wildman–Crippen MR) is 435 cm³/mol. The standard InChI is InChI=1S/2C50H28O/c2*1-2-13-45-41(10-1)44-12-5-11-40(50(44)51-45)37-27-35(38-22-18-33-16-14-29-6-3-8-31-20-24-42(38)48(33)46(29)31)26-36(28-37)39-23-19-34-17-15-30-7-4-9-32-21-25-43(39)49(34)47(30)32/h2*1-28H/i1D,2D,5D,10D,11D,12D,13D;26D,27D,28D. The van der Waals surface area contributed by atoms with Crippen LogP contribution in [0.5, 0.6) is 0 Å². The lowest BCUT2D eigenvalue weighted by Gasteiger charge is -2.18. The van der Waals surface area contributed by atoms with Crippen LogP contribution in [-0.2, 0) is 0 Å². The molecule has 24 aromatic rings. The van der Waals surface area contributed by atoms with E-state index in [4.69, 9.17) is 17.1 Å². The third-order valence-electron chi connectivity index (χ3n) is 21.9. The second kappa shape index (κ2) is 21.1. The Balaban J connectivity index is 0.000000134. The molecule has 0 fully saturated rings. The van der Waals surface area contributed by atoms with Crippen LogP contribution in [0.15, 0.2) is 348 Å². The Hall–Kier alpha value is -13.4.